The fourth-order valence-electron chi connectivity index (χ4n) is 4.56. The van der Waals surface area contributed by atoms with Crippen LogP contribution in [-0.2, 0) is 4.79 Å². The third-order valence-electron chi connectivity index (χ3n) is 5.86. The Kier molecular flexibility index (Phi) is 4.04. The lowest BCUT2D eigenvalue weighted by molar-refractivity contribution is -0.135. The van der Waals surface area contributed by atoms with E-state index >= 15 is 0 Å². The molecule has 3 rings (SSSR count). The van der Waals surface area contributed by atoms with Crippen LogP contribution in [0.2, 0.25) is 0 Å². The van der Waals surface area contributed by atoms with Crippen molar-refractivity contribution >= 4 is 5.91 Å². The maximum atomic E-state index is 13.1. The Balaban J connectivity index is 1.84. The number of rotatable bonds is 4. The molecule has 4 atom stereocenters. The Morgan fingerprint density at radius 3 is 2.71 bits per heavy atom. The molecule has 3 aliphatic rings. The maximum Gasteiger partial charge on any atom is 0.244 e. The lowest BCUT2D eigenvalue weighted by Gasteiger charge is -2.34. The lowest BCUT2D eigenvalue weighted by atomic mass is 9.97. The molecule has 21 heavy (non-hydrogen) atoms. The van der Waals surface area contributed by atoms with Crippen molar-refractivity contribution in [2.75, 3.05) is 13.1 Å². The summed E-state index contributed by atoms with van der Waals surface area (Å²) in [6.45, 7) is 11.1. The van der Waals surface area contributed by atoms with Crippen molar-refractivity contribution in [3.63, 3.8) is 0 Å². The number of amides is 1. The molecule has 0 aromatic carbocycles. The molecule has 0 radical (unpaired) electrons. The van der Waals surface area contributed by atoms with Gasteiger partial charge in [0.05, 0.1) is 17.7 Å². The van der Waals surface area contributed by atoms with E-state index in [1.54, 1.807) is 0 Å². The molecule has 0 aromatic heterocycles. The molecule has 4 heteroatoms. The minimum atomic E-state index is -0.356. The number of nitrogens with one attached hydrogen (secondary N) is 1. The minimum absolute atomic E-state index is 0.230. The zero-order valence-electron chi connectivity index (χ0n) is 14.1. The molecule has 4 unspecified atom stereocenters. The third-order valence-corrected chi connectivity index (χ3v) is 5.86. The number of carbonyl (C=O) groups excluding carboxylic acids is 1. The standard InChI is InChI=1S/C17H31N3O/c1-5-17(4)16(21)20(15(18-17)11-12(2)3)14-8-10-19-9-6-7-13(14)19/h12-15,18H,5-11H2,1-4H3. The molecule has 3 saturated heterocycles. The van der Waals surface area contributed by atoms with Gasteiger partial charge in [-0.2, -0.15) is 0 Å². The highest BCUT2D eigenvalue weighted by Crippen LogP contribution is 2.37. The normalized spacial score (nSPS) is 40.5. The highest BCUT2D eigenvalue weighted by Gasteiger charge is 2.52. The minimum Gasteiger partial charge on any atom is -0.321 e. The summed E-state index contributed by atoms with van der Waals surface area (Å²) in [4.78, 5) is 17.9. The fourth-order valence-corrected chi connectivity index (χ4v) is 4.56. The van der Waals surface area contributed by atoms with Crippen molar-refractivity contribution in [1.29, 1.82) is 0 Å². The Morgan fingerprint density at radius 1 is 1.29 bits per heavy atom. The first-order valence-corrected chi connectivity index (χ1v) is 8.81. The van der Waals surface area contributed by atoms with E-state index in [4.69, 9.17) is 0 Å². The van der Waals surface area contributed by atoms with Crippen LogP contribution < -0.4 is 5.32 Å². The van der Waals surface area contributed by atoms with Gasteiger partial charge in [-0.15, -0.1) is 0 Å². The van der Waals surface area contributed by atoms with E-state index in [9.17, 15) is 4.79 Å². The van der Waals surface area contributed by atoms with Gasteiger partial charge < -0.3 is 4.90 Å². The molecule has 0 bridgehead atoms. The second kappa shape index (κ2) is 5.54. The first-order chi connectivity index (χ1) is 9.96. The number of nitrogens with zero attached hydrogens (tertiary/aromatic N) is 2. The van der Waals surface area contributed by atoms with Gasteiger partial charge in [0, 0.05) is 12.6 Å². The molecule has 4 nitrogen and oxygen atoms in total. The van der Waals surface area contributed by atoms with Gasteiger partial charge >= 0.3 is 0 Å². The highest BCUT2D eigenvalue weighted by atomic mass is 16.2. The molecule has 1 amide bonds. The average molecular weight is 293 g/mol. The van der Waals surface area contributed by atoms with Gasteiger partial charge in [0.1, 0.15) is 0 Å². The van der Waals surface area contributed by atoms with Crippen LogP contribution in [0.5, 0.6) is 0 Å². The molecule has 3 aliphatic heterocycles. The molecule has 0 saturated carbocycles. The van der Waals surface area contributed by atoms with Crippen LogP contribution in [0.15, 0.2) is 0 Å². The van der Waals surface area contributed by atoms with Gasteiger partial charge in [0.2, 0.25) is 5.91 Å². The van der Waals surface area contributed by atoms with Crippen LogP contribution in [0.4, 0.5) is 0 Å². The van der Waals surface area contributed by atoms with Gasteiger partial charge in [-0.3, -0.25) is 15.0 Å². The summed E-state index contributed by atoms with van der Waals surface area (Å²) in [7, 11) is 0. The zero-order chi connectivity index (χ0) is 15.2. The maximum absolute atomic E-state index is 13.1. The lowest BCUT2D eigenvalue weighted by Crippen LogP contribution is -2.50. The first-order valence-electron chi connectivity index (χ1n) is 8.81. The molecule has 0 aromatic rings. The van der Waals surface area contributed by atoms with Crippen molar-refractivity contribution in [3.05, 3.63) is 0 Å². The predicted octanol–water partition coefficient (Wildman–Crippen LogP) is 2.20. The number of carbonyl (C=O) groups is 1. The molecule has 3 fully saturated rings. The van der Waals surface area contributed by atoms with Gasteiger partial charge in [-0.25, -0.2) is 0 Å². The molecule has 0 spiro atoms. The van der Waals surface area contributed by atoms with Crippen LogP contribution in [0.1, 0.15) is 59.8 Å². The molecular formula is C17H31N3O. The fraction of sp³-hybridized carbons (Fsp3) is 0.941. The van der Waals surface area contributed by atoms with Crippen LogP contribution in [0, 0.1) is 5.92 Å². The van der Waals surface area contributed by atoms with Crippen molar-refractivity contribution in [2.45, 2.75) is 83.6 Å². The van der Waals surface area contributed by atoms with Gasteiger partial charge in [0.25, 0.3) is 0 Å². The van der Waals surface area contributed by atoms with E-state index in [1.807, 2.05) is 0 Å². The predicted molar refractivity (Wildman–Crippen MR) is 84.9 cm³/mol. The summed E-state index contributed by atoms with van der Waals surface area (Å²) in [5.74, 6) is 0.951. The number of fused-ring (bicyclic) bond motifs is 1. The van der Waals surface area contributed by atoms with Gasteiger partial charge in [0.15, 0.2) is 0 Å². The van der Waals surface area contributed by atoms with Gasteiger partial charge in [-0.05, 0) is 51.5 Å². The molecule has 0 aliphatic carbocycles. The van der Waals surface area contributed by atoms with E-state index in [0.717, 1.165) is 19.3 Å². The van der Waals surface area contributed by atoms with Gasteiger partial charge in [-0.1, -0.05) is 20.8 Å². The molecule has 120 valence electrons. The summed E-state index contributed by atoms with van der Waals surface area (Å²) in [5.41, 5.74) is -0.356. The van der Waals surface area contributed by atoms with Crippen molar-refractivity contribution in [3.8, 4) is 0 Å². The van der Waals surface area contributed by atoms with Crippen LogP contribution in [0.25, 0.3) is 0 Å². The summed E-state index contributed by atoms with van der Waals surface area (Å²) < 4.78 is 0. The number of hydrogen-bond donors (Lipinski definition) is 1. The molecular weight excluding hydrogens is 262 g/mol. The first kappa shape index (κ1) is 15.3. The van der Waals surface area contributed by atoms with E-state index < -0.39 is 0 Å². The van der Waals surface area contributed by atoms with E-state index in [-0.39, 0.29) is 11.7 Å². The highest BCUT2D eigenvalue weighted by molar-refractivity contribution is 5.88. The molecule has 3 heterocycles. The van der Waals surface area contributed by atoms with Crippen LogP contribution >= 0.6 is 0 Å². The Morgan fingerprint density at radius 2 is 2.05 bits per heavy atom. The second-order valence-corrected chi connectivity index (χ2v) is 7.79. The van der Waals surface area contributed by atoms with Crippen molar-refractivity contribution in [1.82, 2.24) is 15.1 Å². The largest absolute Gasteiger partial charge is 0.321 e. The van der Waals surface area contributed by atoms with Crippen LogP contribution in [-0.4, -0.2) is 52.6 Å². The van der Waals surface area contributed by atoms with E-state index in [2.05, 4.69) is 42.8 Å². The Labute approximate surface area is 129 Å². The Bertz CT molecular complexity index is 411. The smallest absolute Gasteiger partial charge is 0.244 e. The zero-order valence-corrected chi connectivity index (χ0v) is 14.1. The average Bonchev–Trinajstić information content (AvgIpc) is 3.06. The SMILES string of the molecule is CCC1(C)NC(CC(C)C)N(C2CCN3CCCC23)C1=O. The summed E-state index contributed by atoms with van der Waals surface area (Å²) in [6, 6.07) is 1.05. The van der Waals surface area contributed by atoms with E-state index in [0.29, 0.717) is 23.9 Å². The third kappa shape index (κ3) is 2.50. The summed E-state index contributed by atoms with van der Waals surface area (Å²) in [6.07, 6.45) is 5.89. The summed E-state index contributed by atoms with van der Waals surface area (Å²) >= 11 is 0. The molecule has 1 N–H and O–H groups in total. The van der Waals surface area contributed by atoms with E-state index in [1.165, 1.54) is 25.9 Å². The van der Waals surface area contributed by atoms with Crippen molar-refractivity contribution < 1.29 is 4.79 Å². The monoisotopic (exact) mass is 293 g/mol. The van der Waals surface area contributed by atoms with Crippen LogP contribution in [0.3, 0.4) is 0 Å². The number of hydrogen-bond acceptors (Lipinski definition) is 3. The Hall–Kier alpha value is -0.610. The second-order valence-electron chi connectivity index (χ2n) is 7.79. The summed E-state index contributed by atoms with van der Waals surface area (Å²) in [5, 5.41) is 3.66. The quantitative estimate of drug-likeness (QED) is 0.863. The topological polar surface area (TPSA) is 35.6 Å². The van der Waals surface area contributed by atoms with Crippen molar-refractivity contribution in [2.24, 2.45) is 5.92 Å².